The first-order chi connectivity index (χ1) is 31.2. The number of fused-ring (bicyclic) bond motifs is 3. The standard InChI is InChI=1S/3C18H12N3.Ir/c3*1-2-6-14(7-3-1)15-10-12-16(13-11-15)21-19-17-8-4-5-9-18(17)20-21;/h3*1-2,4-13H;/q3*-1;+3. The van der Waals surface area contributed by atoms with Crippen LogP contribution in [0.25, 0.3) is 83.5 Å². The van der Waals surface area contributed by atoms with Crippen LogP contribution in [0.5, 0.6) is 0 Å². The molecular formula is C54H36IrN9. The Morgan fingerprint density at radius 3 is 0.688 bits per heavy atom. The summed E-state index contributed by atoms with van der Waals surface area (Å²) < 4.78 is 0. The van der Waals surface area contributed by atoms with Gasteiger partial charge in [0, 0.05) is 0 Å². The molecule has 0 amide bonds. The van der Waals surface area contributed by atoms with E-state index in [2.05, 4.69) is 103 Å². The van der Waals surface area contributed by atoms with Gasteiger partial charge in [0.1, 0.15) is 33.1 Å². The molecule has 10 heteroatoms. The first-order valence-electron chi connectivity index (χ1n) is 20.4. The van der Waals surface area contributed by atoms with E-state index in [4.69, 9.17) is 0 Å². The molecule has 0 bridgehead atoms. The Labute approximate surface area is 383 Å². The second kappa shape index (κ2) is 19.3. The first-order valence-corrected chi connectivity index (χ1v) is 20.4. The van der Waals surface area contributed by atoms with E-state index < -0.39 is 0 Å². The minimum Gasteiger partial charge on any atom is -0.183 e. The molecule has 0 aliphatic carbocycles. The van der Waals surface area contributed by atoms with E-state index in [0.29, 0.717) is 0 Å². The van der Waals surface area contributed by atoms with Gasteiger partial charge in [-0.1, -0.05) is 89.5 Å². The minimum atomic E-state index is 0. The van der Waals surface area contributed by atoms with E-state index in [-0.39, 0.29) is 20.1 Å². The molecule has 3 heterocycles. The third kappa shape index (κ3) is 9.34. The Hall–Kier alpha value is -8.17. The minimum absolute atomic E-state index is 0. The second-order valence-electron chi connectivity index (χ2n) is 14.5. The number of nitrogens with zero attached hydrogens (tertiary/aromatic N) is 9. The van der Waals surface area contributed by atoms with Gasteiger partial charge >= 0.3 is 20.1 Å². The molecule has 64 heavy (non-hydrogen) atoms. The van der Waals surface area contributed by atoms with Gasteiger partial charge in [-0.2, -0.15) is 105 Å². The van der Waals surface area contributed by atoms with Crippen molar-refractivity contribution in [1.29, 1.82) is 0 Å². The molecule has 0 unspecified atom stereocenters. The average Bonchev–Trinajstić information content (AvgIpc) is 4.13. The molecule has 0 aliphatic rings. The summed E-state index contributed by atoms with van der Waals surface area (Å²) in [6, 6.07) is 81.4. The predicted molar refractivity (Wildman–Crippen MR) is 249 cm³/mol. The van der Waals surface area contributed by atoms with Crippen molar-refractivity contribution in [2.45, 2.75) is 0 Å². The topological polar surface area (TPSA) is 92.1 Å². The van der Waals surface area contributed by atoms with E-state index in [1.165, 1.54) is 0 Å². The largest absolute Gasteiger partial charge is 3.00 e. The Balaban J connectivity index is 0.000000121. The quantitative estimate of drug-likeness (QED) is 0.154. The fourth-order valence-electron chi connectivity index (χ4n) is 7.01. The summed E-state index contributed by atoms with van der Waals surface area (Å²) in [6.07, 6.45) is 0. The zero-order valence-electron chi connectivity index (χ0n) is 34.1. The molecule has 0 atom stereocenters. The molecule has 0 N–H and O–H groups in total. The Morgan fingerprint density at radius 2 is 0.484 bits per heavy atom. The van der Waals surface area contributed by atoms with Gasteiger partial charge in [0.05, 0.1) is 17.1 Å². The smallest absolute Gasteiger partial charge is 0.183 e. The van der Waals surface area contributed by atoms with Crippen molar-refractivity contribution in [3.8, 4) is 50.4 Å². The molecule has 12 rings (SSSR count). The zero-order chi connectivity index (χ0) is 42.2. The SMILES string of the molecule is [Ir+3].[c-]1cccc(-c2ccc(-n3nc4ccccc4n3)cc2)c1.[c-]1cccc(-c2ccc(-n3nc4ccccc4n3)cc2)c1.[c-]1cccc(-c2ccc(-n3nc4ccccc4n3)cc2)c1. The second-order valence-corrected chi connectivity index (χ2v) is 14.5. The van der Waals surface area contributed by atoms with Gasteiger partial charge in [0.15, 0.2) is 0 Å². The van der Waals surface area contributed by atoms with Gasteiger partial charge in [-0.05, 0) is 72.8 Å². The molecule has 0 spiro atoms. The molecule has 0 fully saturated rings. The summed E-state index contributed by atoms with van der Waals surface area (Å²) in [7, 11) is 0. The van der Waals surface area contributed by atoms with E-state index in [1.54, 1.807) is 14.4 Å². The van der Waals surface area contributed by atoms with Crippen molar-refractivity contribution < 1.29 is 20.1 Å². The van der Waals surface area contributed by atoms with E-state index >= 15 is 0 Å². The molecule has 0 saturated heterocycles. The molecule has 0 radical (unpaired) electrons. The maximum absolute atomic E-state index is 4.48. The summed E-state index contributed by atoms with van der Waals surface area (Å²) in [5, 5.41) is 26.9. The van der Waals surface area contributed by atoms with Crippen LogP contribution in [0.3, 0.4) is 0 Å². The Morgan fingerprint density at radius 1 is 0.250 bits per heavy atom. The molecular weight excluding hydrogens is 967 g/mol. The number of benzene rings is 9. The fraction of sp³-hybridized carbons (Fsp3) is 0. The fourth-order valence-corrected chi connectivity index (χ4v) is 7.01. The van der Waals surface area contributed by atoms with Crippen LogP contribution < -0.4 is 0 Å². The molecule has 3 aromatic heterocycles. The number of hydrogen-bond donors (Lipinski definition) is 0. The van der Waals surface area contributed by atoms with Gasteiger partial charge in [-0.15, -0.1) is 47.3 Å². The van der Waals surface area contributed by atoms with E-state index in [0.717, 1.165) is 83.5 Å². The van der Waals surface area contributed by atoms with Gasteiger partial charge < -0.3 is 0 Å². The molecule has 12 aromatic rings. The number of hydrogen-bond acceptors (Lipinski definition) is 6. The molecule has 0 aliphatic heterocycles. The maximum Gasteiger partial charge on any atom is 3.00 e. The van der Waals surface area contributed by atoms with Crippen LogP contribution in [0.4, 0.5) is 0 Å². The van der Waals surface area contributed by atoms with E-state index in [9.17, 15) is 0 Å². The third-order valence-corrected chi connectivity index (χ3v) is 10.3. The van der Waals surface area contributed by atoms with Crippen molar-refractivity contribution in [1.82, 2.24) is 45.0 Å². The molecule has 9 nitrogen and oxygen atoms in total. The first kappa shape index (κ1) is 41.2. The Kier molecular flexibility index (Phi) is 12.4. The van der Waals surface area contributed by atoms with Crippen LogP contribution in [0.15, 0.2) is 218 Å². The molecule has 9 aromatic carbocycles. The summed E-state index contributed by atoms with van der Waals surface area (Å²) in [5.41, 5.74) is 15.2. The van der Waals surface area contributed by atoms with Crippen LogP contribution in [0.2, 0.25) is 0 Å². The van der Waals surface area contributed by atoms with Gasteiger partial charge in [0.25, 0.3) is 0 Å². The molecule has 306 valence electrons. The van der Waals surface area contributed by atoms with Crippen molar-refractivity contribution in [2.75, 3.05) is 0 Å². The summed E-state index contributed by atoms with van der Waals surface area (Å²) >= 11 is 0. The van der Waals surface area contributed by atoms with E-state index in [1.807, 2.05) is 164 Å². The number of rotatable bonds is 6. The van der Waals surface area contributed by atoms with Gasteiger partial charge in [0.2, 0.25) is 0 Å². The maximum atomic E-state index is 4.48. The van der Waals surface area contributed by atoms with Crippen LogP contribution in [-0.2, 0) is 20.1 Å². The van der Waals surface area contributed by atoms with Crippen LogP contribution >= 0.6 is 0 Å². The van der Waals surface area contributed by atoms with Gasteiger partial charge in [-0.3, -0.25) is 0 Å². The predicted octanol–water partition coefficient (Wildman–Crippen LogP) is 11.7. The summed E-state index contributed by atoms with van der Waals surface area (Å²) in [4.78, 5) is 5.02. The van der Waals surface area contributed by atoms with Crippen molar-refractivity contribution in [3.05, 3.63) is 237 Å². The van der Waals surface area contributed by atoms with Gasteiger partial charge in [-0.25, -0.2) is 0 Å². The van der Waals surface area contributed by atoms with Crippen LogP contribution in [0, 0.1) is 18.2 Å². The number of aromatic nitrogens is 9. The third-order valence-electron chi connectivity index (χ3n) is 10.3. The summed E-state index contributed by atoms with van der Waals surface area (Å²) in [6.45, 7) is 0. The average molecular weight is 1000 g/mol. The normalized spacial score (nSPS) is 10.7. The van der Waals surface area contributed by atoms with Crippen LogP contribution in [-0.4, -0.2) is 45.0 Å². The Bertz CT molecular complexity index is 2900. The van der Waals surface area contributed by atoms with Crippen molar-refractivity contribution >= 4 is 33.1 Å². The van der Waals surface area contributed by atoms with Crippen molar-refractivity contribution in [3.63, 3.8) is 0 Å². The van der Waals surface area contributed by atoms with Crippen molar-refractivity contribution in [2.24, 2.45) is 0 Å². The van der Waals surface area contributed by atoms with Crippen LogP contribution in [0.1, 0.15) is 0 Å². The monoisotopic (exact) mass is 1000 g/mol. The molecule has 0 saturated carbocycles. The zero-order valence-corrected chi connectivity index (χ0v) is 36.5. The summed E-state index contributed by atoms with van der Waals surface area (Å²) in [5.74, 6) is 0.